The van der Waals surface area contributed by atoms with E-state index < -0.39 is 40.9 Å². The Morgan fingerprint density at radius 2 is 1.90 bits per heavy atom. The van der Waals surface area contributed by atoms with Crippen LogP contribution in [0.5, 0.6) is 0 Å². The molecule has 0 spiro atoms. The normalized spacial score (nSPS) is 43.5. The number of hydrogen-bond acceptors (Lipinski definition) is 7. The molecule has 0 aromatic heterocycles. The van der Waals surface area contributed by atoms with E-state index in [-0.39, 0.29) is 71.7 Å². The Morgan fingerprint density at radius 3 is 2.52 bits per heavy atom. The molecule has 0 unspecified atom stereocenters. The number of carbonyl (C=O) groups is 3. The fourth-order valence-corrected chi connectivity index (χ4v) is 7.28. The van der Waals surface area contributed by atoms with E-state index in [1.165, 1.54) is 13.0 Å². The maximum absolute atomic E-state index is 12.5. The van der Waals surface area contributed by atoms with E-state index in [9.17, 15) is 29.7 Å². The zero-order valence-corrected chi connectivity index (χ0v) is 17.7. The molecule has 0 amide bonds. The van der Waals surface area contributed by atoms with Crippen LogP contribution in [0.4, 0.5) is 0 Å². The molecule has 4 rings (SSSR count). The first kappa shape index (κ1) is 24.8. The van der Waals surface area contributed by atoms with Crippen molar-refractivity contribution in [1.29, 1.82) is 0 Å². The van der Waals surface area contributed by atoms with E-state index in [0.717, 1.165) is 5.57 Å². The van der Waals surface area contributed by atoms with Crippen LogP contribution in [0.3, 0.4) is 0 Å². The van der Waals surface area contributed by atoms with E-state index in [2.05, 4.69) is 0 Å². The topological polar surface area (TPSA) is 121 Å². The second-order valence-corrected chi connectivity index (χ2v) is 9.88. The predicted molar refractivity (Wildman–Crippen MR) is 113 cm³/mol. The van der Waals surface area contributed by atoms with Crippen molar-refractivity contribution in [3.63, 3.8) is 0 Å². The zero-order valence-electron chi connectivity index (χ0n) is 17.7. The molecule has 0 radical (unpaired) electrons. The number of carbonyl (C=O) groups excluding carboxylic acids is 3. The van der Waals surface area contributed by atoms with Gasteiger partial charge in [-0.3, -0.25) is 14.4 Å². The third kappa shape index (κ3) is 3.35. The SMILES string of the molecule is CC(=O)OC1=CC(=O)C=C2CC[C@@H]3[C@H]([C@@H](O)C[C@@]4(C)[C@H]3CC[C@]4(O)C(=O)CO)[C@]21C.[NaH]. The first-order valence-corrected chi connectivity index (χ1v) is 10.7. The van der Waals surface area contributed by atoms with Crippen LogP contribution in [0.15, 0.2) is 23.5 Å². The number of esters is 1. The number of aliphatic hydroxyl groups excluding tert-OH is 2. The number of ketones is 2. The molecule has 4 aliphatic carbocycles. The summed E-state index contributed by atoms with van der Waals surface area (Å²) in [4.78, 5) is 36.4. The summed E-state index contributed by atoms with van der Waals surface area (Å²) in [6.07, 6.45) is 4.47. The van der Waals surface area contributed by atoms with Crippen molar-refractivity contribution in [3.05, 3.63) is 23.5 Å². The second kappa shape index (κ2) is 8.19. The molecule has 0 heterocycles. The van der Waals surface area contributed by atoms with Crippen LogP contribution in [-0.4, -0.2) is 80.7 Å². The van der Waals surface area contributed by atoms with Crippen molar-refractivity contribution in [2.24, 2.45) is 28.6 Å². The van der Waals surface area contributed by atoms with Gasteiger partial charge in [0.1, 0.15) is 18.0 Å². The van der Waals surface area contributed by atoms with E-state index in [1.54, 1.807) is 6.08 Å². The number of aliphatic hydroxyl groups is 3. The first-order valence-electron chi connectivity index (χ1n) is 10.7. The third-order valence-corrected chi connectivity index (χ3v) is 8.65. The van der Waals surface area contributed by atoms with Crippen LogP contribution in [0.2, 0.25) is 0 Å². The molecule has 0 aromatic rings. The Kier molecular flexibility index (Phi) is 6.55. The van der Waals surface area contributed by atoms with E-state index >= 15 is 0 Å². The quantitative estimate of drug-likeness (QED) is 0.437. The molecule has 7 atom stereocenters. The molecule has 0 aliphatic heterocycles. The van der Waals surface area contributed by atoms with Crippen molar-refractivity contribution in [2.45, 2.75) is 64.6 Å². The van der Waals surface area contributed by atoms with Crippen LogP contribution < -0.4 is 0 Å². The number of ether oxygens (including phenoxy) is 1. The molecule has 166 valence electrons. The van der Waals surface area contributed by atoms with E-state index in [4.69, 9.17) is 4.74 Å². The molecule has 0 saturated heterocycles. The molecule has 7 nitrogen and oxygen atoms in total. The van der Waals surface area contributed by atoms with Gasteiger partial charge < -0.3 is 20.1 Å². The summed E-state index contributed by atoms with van der Waals surface area (Å²) in [5.41, 5.74) is -2.45. The fraction of sp³-hybridized carbons (Fsp3) is 0.696. The maximum atomic E-state index is 12.5. The Hall–Kier alpha value is -0.830. The number of Topliss-reactive ketones (excluding diaryl/α,β-unsaturated/α-hetero) is 1. The van der Waals surface area contributed by atoms with Crippen molar-refractivity contribution >= 4 is 47.1 Å². The summed E-state index contributed by atoms with van der Waals surface area (Å²) in [5, 5.41) is 32.1. The van der Waals surface area contributed by atoms with Crippen molar-refractivity contribution in [1.82, 2.24) is 0 Å². The van der Waals surface area contributed by atoms with Crippen LogP contribution in [0, 0.1) is 28.6 Å². The fourth-order valence-electron chi connectivity index (χ4n) is 7.28. The van der Waals surface area contributed by atoms with Gasteiger partial charge in [0.25, 0.3) is 0 Å². The number of hydrogen-bond donors (Lipinski definition) is 3. The zero-order chi connectivity index (χ0) is 22.1. The molecule has 3 saturated carbocycles. The van der Waals surface area contributed by atoms with Crippen molar-refractivity contribution in [2.75, 3.05) is 6.61 Å². The van der Waals surface area contributed by atoms with E-state index in [0.29, 0.717) is 19.3 Å². The Morgan fingerprint density at radius 1 is 1.23 bits per heavy atom. The summed E-state index contributed by atoms with van der Waals surface area (Å²) in [7, 11) is 0. The molecule has 31 heavy (non-hydrogen) atoms. The van der Waals surface area contributed by atoms with Gasteiger partial charge in [-0.25, -0.2) is 0 Å². The molecule has 0 aromatic carbocycles. The van der Waals surface area contributed by atoms with Gasteiger partial charge in [-0.15, -0.1) is 0 Å². The molecular formula is C23H31NaO7. The molecule has 3 fully saturated rings. The van der Waals surface area contributed by atoms with Gasteiger partial charge in [0.05, 0.1) is 11.5 Å². The molecule has 0 bridgehead atoms. The second-order valence-electron chi connectivity index (χ2n) is 9.88. The van der Waals surface area contributed by atoms with Crippen LogP contribution in [0.25, 0.3) is 0 Å². The Bertz CT molecular complexity index is 879. The monoisotopic (exact) mass is 442 g/mol. The van der Waals surface area contributed by atoms with Crippen LogP contribution in [-0.2, 0) is 19.1 Å². The minimum absolute atomic E-state index is 0. The molecule has 8 heteroatoms. The molecule has 4 aliphatic rings. The number of rotatable bonds is 3. The van der Waals surface area contributed by atoms with Gasteiger partial charge in [-0.05, 0) is 56.9 Å². The van der Waals surface area contributed by atoms with Gasteiger partial charge in [0.15, 0.2) is 11.6 Å². The minimum atomic E-state index is -1.66. The Balaban J connectivity index is 0.00000272. The summed E-state index contributed by atoms with van der Waals surface area (Å²) in [6, 6.07) is 0. The average Bonchev–Trinajstić information content (AvgIpc) is 2.93. The summed E-state index contributed by atoms with van der Waals surface area (Å²) in [6.45, 7) is 4.33. The van der Waals surface area contributed by atoms with Gasteiger partial charge in [-0.2, -0.15) is 0 Å². The van der Waals surface area contributed by atoms with Crippen molar-refractivity contribution in [3.8, 4) is 0 Å². The first-order chi connectivity index (χ1) is 14.0. The van der Waals surface area contributed by atoms with E-state index in [1.807, 2.05) is 13.8 Å². The van der Waals surface area contributed by atoms with Gasteiger partial charge in [0, 0.05) is 24.3 Å². The molecule has 3 N–H and O–H groups in total. The number of allylic oxidation sites excluding steroid dienone is 3. The summed E-state index contributed by atoms with van der Waals surface area (Å²) < 4.78 is 5.48. The van der Waals surface area contributed by atoms with Gasteiger partial charge in [0.2, 0.25) is 0 Å². The third-order valence-electron chi connectivity index (χ3n) is 8.65. The van der Waals surface area contributed by atoms with Gasteiger partial charge >= 0.3 is 35.5 Å². The Labute approximate surface area is 204 Å². The van der Waals surface area contributed by atoms with Crippen molar-refractivity contribution < 1.29 is 34.4 Å². The summed E-state index contributed by atoms with van der Waals surface area (Å²) in [5.74, 6) is -1.41. The van der Waals surface area contributed by atoms with Crippen LogP contribution in [0.1, 0.15) is 52.9 Å². The standard InChI is InChI=1S/C23H30O7.Na.H/c1-12(25)30-19-9-14(26)8-13-4-5-15-16-6-7-23(29,18(28)11-24)21(16,2)10-17(27)20(15)22(13,19)3;;/h8-9,15-17,20,24,27,29H,4-7,10-11H2,1-3H3;;/t15-,16-,17-,20+,21-,22+,23-;;/m0../s1. The predicted octanol–water partition coefficient (Wildman–Crippen LogP) is 0.800. The summed E-state index contributed by atoms with van der Waals surface area (Å²) >= 11 is 0. The average molecular weight is 442 g/mol. The number of fused-ring (bicyclic) bond motifs is 5. The molecular weight excluding hydrogens is 411 g/mol. The van der Waals surface area contributed by atoms with Gasteiger partial charge in [-0.1, -0.05) is 12.5 Å². The van der Waals surface area contributed by atoms with Crippen LogP contribution >= 0.6 is 0 Å².